The number of rotatable bonds is 3. The van der Waals surface area contributed by atoms with Crippen LogP contribution in [0.4, 0.5) is 0 Å². The van der Waals surface area contributed by atoms with Crippen molar-refractivity contribution in [2.24, 2.45) is 0 Å². The maximum atomic E-state index is 5.77. The van der Waals surface area contributed by atoms with Gasteiger partial charge < -0.3 is 4.74 Å². The first-order valence-corrected chi connectivity index (χ1v) is 5.39. The van der Waals surface area contributed by atoms with Gasteiger partial charge >= 0.3 is 0 Å². The Labute approximate surface area is 91.0 Å². The first kappa shape index (κ1) is 11.4. The molecule has 0 fully saturated rings. The van der Waals surface area contributed by atoms with Crippen LogP contribution < -0.4 is 4.74 Å². The van der Waals surface area contributed by atoms with Crippen LogP contribution in [0.1, 0.15) is 23.6 Å². The molecule has 1 atom stereocenters. The molecule has 0 saturated carbocycles. The van der Waals surface area contributed by atoms with Crippen molar-refractivity contribution < 1.29 is 4.74 Å². The van der Waals surface area contributed by atoms with Crippen molar-refractivity contribution >= 4 is 11.6 Å². The third-order valence-corrected chi connectivity index (χ3v) is 2.84. The SMILES string of the molecule is Cc1ccc(C)c(OC(C)CCl)c1C. The highest BCUT2D eigenvalue weighted by Crippen LogP contribution is 2.26. The maximum absolute atomic E-state index is 5.77. The van der Waals surface area contributed by atoms with E-state index in [0.29, 0.717) is 5.88 Å². The first-order valence-electron chi connectivity index (χ1n) is 4.85. The van der Waals surface area contributed by atoms with E-state index in [-0.39, 0.29) is 6.10 Å². The minimum atomic E-state index is 0.0656. The second-order valence-electron chi connectivity index (χ2n) is 3.74. The summed E-state index contributed by atoms with van der Waals surface area (Å²) in [6.45, 7) is 8.21. The van der Waals surface area contributed by atoms with Gasteiger partial charge in [-0.1, -0.05) is 12.1 Å². The van der Waals surface area contributed by atoms with Crippen LogP contribution >= 0.6 is 11.6 Å². The van der Waals surface area contributed by atoms with E-state index in [4.69, 9.17) is 16.3 Å². The van der Waals surface area contributed by atoms with Crippen molar-refractivity contribution in [3.63, 3.8) is 0 Å². The van der Waals surface area contributed by atoms with Gasteiger partial charge in [-0.15, -0.1) is 11.6 Å². The quantitative estimate of drug-likeness (QED) is 0.696. The van der Waals surface area contributed by atoms with E-state index in [2.05, 4.69) is 32.9 Å². The lowest BCUT2D eigenvalue weighted by molar-refractivity contribution is 0.242. The van der Waals surface area contributed by atoms with Crippen LogP contribution in [0.3, 0.4) is 0 Å². The highest BCUT2D eigenvalue weighted by molar-refractivity contribution is 6.18. The highest BCUT2D eigenvalue weighted by Gasteiger charge is 2.09. The molecule has 0 radical (unpaired) electrons. The topological polar surface area (TPSA) is 9.23 Å². The lowest BCUT2D eigenvalue weighted by Gasteiger charge is -2.17. The van der Waals surface area contributed by atoms with Crippen LogP contribution in [0.15, 0.2) is 12.1 Å². The second-order valence-corrected chi connectivity index (χ2v) is 4.04. The van der Waals surface area contributed by atoms with Crippen molar-refractivity contribution in [1.29, 1.82) is 0 Å². The van der Waals surface area contributed by atoms with Crippen LogP contribution in [0.5, 0.6) is 5.75 Å². The molecular formula is C12H17ClO. The zero-order valence-electron chi connectivity index (χ0n) is 9.23. The van der Waals surface area contributed by atoms with Crippen LogP contribution in [0.2, 0.25) is 0 Å². The third-order valence-electron chi connectivity index (χ3n) is 2.41. The standard InChI is InChI=1S/C12H17ClO/c1-8-5-6-9(2)12(11(8)4)14-10(3)7-13/h5-6,10H,7H2,1-4H3. The molecule has 0 spiro atoms. The molecule has 78 valence electrons. The van der Waals surface area contributed by atoms with Gasteiger partial charge in [0.2, 0.25) is 0 Å². The monoisotopic (exact) mass is 212 g/mol. The molecule has 1 unspecified atom stereocenters. The van der Waals surface area contributed by atoms with Crippen molar-refractivity contribution in [3.05, 3.63) is 28.8 Å². The lowest BCUT2D eigenvalue weighted by Crippen LogP contribution is -2.14. The Morgan fingerprint density at radius 1 is 1.21 bits per heavy atom. The molecule has 0 N–H and O–H groups in total. The molecule has 0 aliphatic carbocycles. The van der Waals surface area contributed by atoms with Gasteiger partial charge in [-0.05, 0) is 44.4 Å². The van der Waals surface area contributed by atoms with Gasteiger partial charge in [-0.25, -0.2) is 0 Å². The van der Waals surface area contributed by atoms with Crippen LogP contribution in [-0.4, -0.2) is 12.0 Å². The Morgan fingerprint density at radius 3 is 2.36 bits per heavy atom. The summed E-state index contributed by atoms with van der Waals surface area (Å²) >= 11 is 5.72. The van der Waals surface area contributed by atoms with Gasteiger partial charge in [-0.3, -0.25) is 0 Å². The van der Waals surface area contributed by atoms with Gasteiger partial charge in [0.1, 0.15) is 11.9 Å². The number of ether oxygens (including phenoxy) is 1. The predicted octanol–water partition coefficient (Wildman–Crippen LogP) is 3.62. The molecule has 1 nitrogen and oxygen atoms in total. The minimum Gasteiger partial charge on any atom is -0.489 e. The number of hydrogen-bond donors (Lipinski definition) is 0. The Balaban J connectivity index is 3.00. The summed E-state index contributed by atoms with van der Waals surface area (Å²) in [7, 11) is 0. The molecule has 1 aromatic rings. The molecule has 0 aliphatic rings. The fraction of sp³-hybridized carbons (Fsp3) is 0.500. The molecule has 0 amide bonds. The van der Waals surface area contributed by atoms with Gasteiger partial charge in [0.05, 0.1) is 5.88 Å². The van der Waals surface area contributed by atoms with Crippen molar-refractivity contribution in [2.75, 3.05) is 5.88 Å². The molecular weight excluding hydrogens is 196 g/mol. The Bertz CT molecular complexity index is 320. The van der Waals surface area contributed by atoms with Crippen molar-refractivity contribution in [2.45, 2.75) is 33.8 Å². The Kier molecular flexibility index (Phi) is 3.82. The van der Waals surface area contributed by atoms with Crippen LogP contribution in [0, 0.1) is 20.8 Å². The van der Waals surface area contributed by atoms with E-state index in [1.165, 1.54) is 16.7 Å². The maximum Gasteiger partial charge on any atom is 0.125 e. The summed E-state index contributed by atoms with van der Waals surface area (Å²) in [6, 6.07) is 4.20. The zero-order valence-corrected chi connectivity index (χ0v) is 9.98. The van der Waals surface area contributed by atoms with E-state index in [1.54, 1.807) is 0 Å². The second kappa shape index (κ2) is 4.70. The smallest absolute Gasteiger partial charge is 0.125 e. The number of alkyl halides is 1. The fourth-order valence-electron chi connectivity index (χ4n) is 1.34. The van der Waals surface area contributed by atoms with E-state index < -0.39 is 0 Å². The molecule has 1 rings (SSSR count). The molecule has 1 aromatic carbocycles. The van der Waals surface area contributed by atoms with E-state index in [9.17, 15) is 0 Å². The number of aryl methyl sites for hydroxylation is 2. The molecule has 2 heteroatoms. The Hall–Kier alpha value is -0.690. The minimum absolute atomic E-state index is 0.0656. The summed E-state index contributed by atoms with van der Waals surface area (Å²) in [5.41, 5.74) is 3.64. The van der Waals surface area contributed by atoms with Crippen LogP contribution in [0.25, 0.3) is 0 Å². The molecule has 0 aliphatic heterocycles. The predicted molar refractivity (Wildman–Crippen MR) is 61.5 cm³/mol. The third kappa shape index (κ3) is 2.42. The van der Waals surface area contributed by atoms with Gasteiger partial charge in [0.25, 0.3) is 0 Å². The van der Waals surface area contributed by atoms with E-state index >= 15 is 0 Å². The number of halogens is 1. The van der Waals surface area contributed by atoms with E-state index in [1.807, 2.05) is 6.92 Å². The zero-order chi connectivity index (χ0) is 10.7. The van der Waals surface area contributed by atoms with E-state index in [0.717, 1.165) is 5.75 Å². The normalized spacial score (nSPS) is 12.6. The van der Waals surface area contributed by atoms with Crippen molar-refractivity contribution in [3.8, 4) is 5.75 Å². The number of benzene rings is 1. The fourth-order valence-corrected chi connectivity index (χ4v) is 1.40. The summed E-state index contributed by atoms with van der Waals surface area (Å²) in [6.07, 6.45) is 0.0656. The summed E-state index contributed by atoms with van der Waals surface area (Å²) in [5, 5.41) is 0. The van der Waals surface area contributed by atoms with Crippen LogP contribution in [-0.2, 0) is 0 Å². The molecule has 0 bridgehead atoms. The average molecular weight is 213 g/mol. The summed E-state index contributed by atoms with van der Waals surface area (Å²) in [4.78, 5) is 0. The number of hydrogen-bond acceptors (Lipinski definition) is 1. The summed E-state index contributed by atoms with van der Waals surface area (Å²) in [5.74, 6) is 1.51. The molecule has 14 heavy (non-hydrogen) atoms. The molecule has 0 saturated heterocycles. The Morgan fingerprint density at radius 2 is 1.79 bits per heavy atom. The van der Waals surface area contributed by atoms with Gasteiger partial charge in [0, 0.05) is 0 Å². The average Bonchev–Trinajstić information content (AvgIpc) is 2.18. The molecule has 0 aromatic heterocycles. The molecule has 0 heterocycles. The lowest BCUT2D eigenvalue weighted by atomic mass is 10.1. The highest BCUT2D eigenvalue weighted by atomic mass is 35.5. The van der Waals surface area contributed by atoms with Gasteiger partial charge in [0.15, 0.2) is 0 Å². The first-order chi connectivity index (χ1) is 6.56. The van der Waals surface area contributed by atoms with Gasteiger partial charge in [-0.2, -0.15) is 0 Å². The van der Waals surface area contributed by atoms with Crippen molar-refractivity contribution in [1.82, 2.24) is 0 Å². The largest absolute Gasteiger partial charge is 0.489 e. The summed E-state index contributed by atoms with van der Waals surface area (Å²) < 4.78 is 5.77.